The third-order valence-electron chi connectivity index (χ3n) is 3.75. The summed E-state index contributed by atoms with van der Waals surface area (Å²) in [6.07, 6.45) is 1.43. The molecule has 128 valence electrons. The van der Waals surface area contributed by atoms with Crippen LogP contribution in [0, 0.1) is 3.57 Å². The number of halogens is 1. The molecular formula is C22H16INO2. The van der Waals surface area contributed by atoms with Gasteiger partial charge in [-0.15, -0.1) is 0 Å². The summed E-state index contributed by atoms with van der Waals surface area (Å²) in [4.78, 5) is 17.3. The zero-order chi connectivity index (χ0) is 18.4. The molecular weight excluding hydrogens is 437 g/mol. The van der Waals surface area contributed by atoms with E-state index in [1.807, 2.05) is 48.5 Å². The largest absolute Gasteiger partial charge is 0.506 e. The van der Waals surface area contributed by atoms with Gasteiger partial charge in [0, 0.05) is 20.9 Å². The second kappa shape index (κ2) is 8.58. The number of nitrogens with zero attached hydrogens (tertiary/aromatic N) is 1. The van der Waals surface area contributed by atoms with Crippen molar-refractivity contribution < 1.29 is 9.90 Å². The number of ketones is 1. The van der Waals surface area contributed by atoms with Gasteiger partial charge in [-0.05, 0) is 46.9 Å². The topological polar surface area (TPSA) is 49.7 Å². The van der Waals surface area contributed by atoms with Gasteiger partial charge in [-0.3, -0.25) is 9.79 Å². The van der Waals surface area contributed by atoms with E-state index in [-0.39, 0.29) is 17.1 Å². The summed E-state index contributed by atoms with van der Waals surface area (Å²) in [6, 6.07) is 25.5. The second-order valence-corrected chi connectivity index (χ2v) is 6.80. The predicted octanol–water partition coefficient (Wildman–Crippen LogP) is 5.85. The van der Waals surface area contributed by atoms with Gasteiger partial charge in [-0.1, -0.05) is 60.7 Å². The van der Waals surface area contributed by atoms with Gasteiger partial charge < -0.3 is 5.11 Å². The Kier molecular flexibility index (Phi) is 5.96. The molecule has 0 saturated carbocycles. The number of benzene rings is 3. The normalized spacial score (nSPS) is 12.0. The van der Waals surface area contributed by atoms with Crippen LogP contribution in [-0.4, -0.2) is 17.1 Å². The van der Waals surface area contributed by atoms with Gasteiger partial charge in [0.1, 0.15) is 5.76 Å². The molecule has 0 bridgehead atoms. The Balaban J connectivity index is 2.04. The number of aliphatic hydroxyl groups excluding tert-OH is 1. The van der Waals surface area contributed by atoms with Gasteiger partial charge in [0.15, 0.2) is 5.78 Å². The summed E-state index contributed by atoms with van der Waals surface area (Å²) >= 11 is 2.22. The number of carbonyl (C=O) groups is 1. The Morgan fingerprint density at radius 1 is 0.808 bits per heavy atom. The number of Topliss-reactive ketones (excluding diaryl/α,β-unsaturated/α-hetero) is 1. The summed E-state index contributed by atoms with van der Waals surface area (Å²) < 4.78 is 1.10. The van der Waals surface area contributed by atoms with Crippen molar-refractivity contribution in [3.63, 3.8) is 0 Å². The highest BCUT2D eigenvalue weighted by Crippen LogP contribution is 2.20. The van der Waals surface area contributed by atoms with Crippen LogP contribution in [0.25, 0.3) is 5.76 Å². The first-order chi connectivity index (χ1) is 12.6. The van der Waals surface area contributed by atoms with Crippen molar-refractivity contribution in [3.8, 4) is 0 Å². The lowest BCUT2D eigenvalue weighted by Crippen LogP contribution is -2.08. The van der Waals surface area contributed by atoms with Crippen LogP contribution in [0.4, 0.5) is 5.69 Å². The highest BCUT2D eigenvalue weighted by Gasteiger charge is 2.16. The summed E-state index contributed by atoms with van der Waals surface area (Å²) in [5.74, 6) is -0.366. The smallest absolute Gasteiger partial charge is 0.198 e. The lowest BCUT2D eigenvalue weighted by molar-refractivity contribution is 0.104. The number of aliphatic hydroxyl groups is 1. The second-order valence-electron chi connectivity index (χ2n) is 5.56. The molecule has 0 spiro atoms. The van der Waals surface area contributed by atoms with E-state index in [9.17, 15) is 9.90 Å². The molecule has 0 atom stereocenters. The Morgan fingerprint density at radius 2 is 1.35 bits per heavy atom. The zero-order valence-electron chi connectivity index (χ0n) is 13.8. The van der Waals surface area contributed by atoms with Crippen LogP contribution in [-0.2, 0) is 0 Å². The average molecular weight is 453 g/mol. The maximum absolute atomic E-state index is 12.9. The molecule has 0 aliphatic rings. The minimum Gasteiger partial charge on any atom is -0.506 e. The predicted molar refractivity (Wildman–Crippen MR) is 114 cm³/mol. The summed E-state index contributed by atoms with van der Waals surface area (Å²) in [5, 5.41) is 10.7. The Morgan fingerprint density at radius 3 is 1.92 bits per heavy atom. The Labute approximate surface area is 165 Å². The fraction of sp³-hybridized carbons (Fsp3) is 0. The van der Waals surface area contributed by atoms with Crippen LogP contribution in [0.5, 0.6) is 0 Å². The third-order valence-corrected chi connectivity index (χ3v) is 4.47. The molecule has 0 amide bonds. The standard InChI is InChI=1S/C22H16INO2/c23-18-11-13-19(14-12-18)24-15-20(21(25)16-7-3-1-4-8-16)22(26)17-9-5-2-6-10-17/h1-15,25H. The van der Waals surface area contributed by atoms with E-state index in [0.29, 0.717) is 16.8 Å². The van der Waals surface area contributed by atoms with Crippen LogP contribution < -0.4 is 0 Å². The zero-order valence-corrected chi connectivity index (χ0v) is 16.0. The van der Waals surface area contributed by atoms with E-state index in [4.69, 9.17) is 0 Å². The SMILES string of the molecule is O=C(C(C=Nc1ccc(I)cc1)=C(O)c1ccccc1)c1ccccc1. The fourth-order valence-electron chi connectivity index (χ4n) is 2.39. The number of aliphatic imine (C=N–C) groups is 1. The molecule has 3 nitrogen and oxygen atoms in total. The van der Waals surface area contributed by atoms with Crippen molar-refractivity contribution in [3.05, 3.63) is 105 Å². The van der Waals surface area contributed by atoms with Crippen LogP contribution >= 0.6 is 22.6 Å². The van der Waals surface area contributed by atoms with Crippen LogP contribution in [0.1, 0.15) is 15.9 Å². The van der Waals surface area contributed by atoms with E-state index in [2.05, 4.69) is 27.6 Å². The van der Waals surface area contributed by atoms with Gasteiger partial charge in [0.05, 0.1) is 11.3 Å². The first-order valence-corrected chi connectivity index (χ1v) is 9.11. The Hall–Kier alpha value is -2.73. The maximum atomic E-state index is 12.9. The monoisotopic (exact) mass is 453 g/mol. The number of carbonyl (C=O) groups excluding carboxylic acids is 1. The highest BCUT2D eigenvalue weighted by molar-refractivity contribution is 14.1. The lowest BCUT2D eigenvalue weighted by atomic mass is 10.00. The Bertz CT molecular complexity index is 946. The molecule has 26 heavy (non-hydrogen) atoms. The van der Waals surface area contributed by atoms with Crippen molar-refractivity contribution >= 4 is 46.0 Å². The molecule has 4 heteroatoms. The van der Waals surface area contributed by atoms with E-state index >= 15 is 0 Å². The number of allylic oxidation sites excluding steroid dienone is 1. The van der Waals surface area contributed by atoms with Crippen molar-refractivity contribution in [2.75, 3.05) is 0 Å². The molecule has 0 aliphatic heterocycles. The van der Waals surface area contributed by atoms with Gasteiger partial charge >= 0.3 is 0 Å². The minimum atomic E-state index is -0.277. The summed E-state index contributed by atoms with van der Waals surface area (Å²) in [6.45, 7) is 0. The quantitative estimate of drug-likeness (QED) is 0.173. The van der Waals surface area contributed by atoms with Crippen molar-refractivity contribution in [1.82, 2.24) is 0 Å². The molecule has 1 N–H and O–H groups in total. The molecule has 3 rings (SSSR count). The van der Waals surface area contributed by atoms with E-state index in [1.165, 1.54) is 6.21 Å². The molecule has 0 aromatic heterocycles. The van der Waals surface area contributed by atoms with E-state index in [0.717, 1.165) is 3.57 Å². The molecule has 0 unspecified atom stereocenters. The first kappa shape index (κ1) is 18.1. The molecule has 3 aromatic carbocycles. The number of hydrogen-bond acceptors (Lipinski definition) is 3. The lowest BCUT2D eigenvalue weighted by Gasteiger charge is -2.07. The van der Waals surface area contributed by atoms with Crippen molar-refractivity contribution in [2.24, 2.45) is 4.99 Å². The highest BCUT2D eigenvalue weighted by atomic mass is 127. The van der Waals surface area contributed by atoms with Gasteiger partial charge in [-0.25, -0.2) is 0 Å². The number of hydrogen-bond donors (Lipinski definition) is 1. The summed E-state index contributed by atoms with van der Waals surface area (Å²) in [5.41, 5.74) is 1.94. The average Bonchev–Trinajstić information content (AvgIpc) is 2.70. The van der Waals surface area contributed by atoms with Crippen LogP contribution in [0.3, 0.4) is 0 Å². The van der Waals surface area contributed by atoms with Crippen LogP contribution in [0.15, 0.2) is 95.5 Å². The first-order valence-electron chi connectivity index (χ1n) is 8.03. The molecule has 0 fully saturated rings. The third kappa shape index (κ3) is 4.46. The van der Waals surface area contributed by atoms with E-state index < -0.39 is 0 Å². The molecule has 0 radical (unpaired) electrons. The van der Waals surface area contributed by atoms with Crippen molar-refractivity contribution in [2.45, 2.75) is 0 Å². The van der Waals surface area contributed by atoms with Gasteiger partial charge in [-0.2, -0.15) is 0 Å². The molecule has 0 heterocycles. The van der Waals surface area contributed by atoms with Gasteiger partial charge in [0.2, 0.25) is 0 Å². The molecule has 0 saturated heterocycles. The van der Waals surface area contributed by atoms with Crippen molar-refractivity contribution in [1.29, 1.82) is 0 Å². The number of rotatable bonds is 5. The van der Waals surface area contributed by atoms with Gasteiger partial charge in [0.25, 0.3) is 0 Å². The fourth-order valence-corrected chi connectivity index (χ4v) is 2.75. The maximum Gasteiger partial charge on any atom is 0.198 e. The van der Waals surface area contributed by atoms with E-state index in [1.54, 1.807) is 36.4 Å². The molecule has 3 aromatic rings. The van der Waals surface area contributed by atoms with Crippen LogP contribution in [0.2, 0.25) is 0 Å². The summed E-state index contributed by atoms with van der Waals surface area (Å²) in [7, 11) is 0. The minimum absolute atomic E-state index is 0.0892. The molecule has 0 aliphatic carbocycles.